The van der Waals surface area contributed by atoms with E-state index in [0.29, 0.717) is 0 Å². The second kappa shape index (κ2) is 6.36. The Kier molecular flexibility index (Phi) is 5.87. The SMILES string of the molecule is CCCC[n+]1cnn(C)n1.F[B-](F)(F)F. The number of tetrazole rings is 1. The van der Waals surface area contributed by atoms with Crippen molar-refractivity contribution in [1.29, 1.82) is 0 Å². The van der Waals surface area contributed by atoms with Crippen LogP contribution in [-0.2, 0) is 13.6 Å². The predicted octanol–water partition coefficient (Wildman–Crippen LogP) is 1.20. The molecule has 1 heterocycles. The zero-order chi connectivity index (χ0) is 11.9. The van der Waals surface area contributed by atoms with Crippen LogP contribution >= 0.6 is 0 Å². The van der Waals surface area contributed by atoms with Gasteiger partial charge in [-0.25, -0.2) is 0 Å². The Labute approximate surface area is 85.0 Å². The van der Waals surface area contributed by atoms with Gasteiger partial charge in [0.05, 0.1) is 16.9 Å². The van der Waals surface area contributed by atoms with E-state index < -0.39 is 7.25 Å². The Balaban J connectivity index is 0.000000336. The van der Waals surface area contributed by atoms with Gasteiger partial charge in [-0.15, -0.1) is 4.68 Å². The molecule has 88 valence electrons. The first kappa shape index (κ1) is 13.9. The van der Waals surface area contributed by atoms with Gasteiger partial charge in [0.1, 0.15) is 7.05 Å². The van der Waals surface area contributed by atoms with Gasteiger partial charge in [0.15, 0.2) is 0 Å². The number of nitrogens with zero attached hydrogens (tertiary/aromatic N) is 4. The van der Waals surface area contributed by atoms with E-state index in [1.54, 1.807) is 11.1 Å². The Bertz CT molecular complexity index is 268. The van der Waals surface area contributed by atoms with Gasteiger partial charge in [0.25, 0.3) is 6.33 Å². The van der Waals surface area contributed by atoms with Crippen molar-refractivity contribution in [1.82, 2.24) is 15.1 Å². The number of hydrogen-bond acceptors (Lipinski definition) is 2. The van der Waals surface area contributed by atoms with E-state index in [-0.39, 0.29) is 0 Å². The van der Waals surface area contributed by atoms with Crippen LogP contribution in [0.15, 0.2) is 6.33 Å². The molecule has 0 radical (unpaired) electrons. The maximum absolute atomic E-state index is 9.75. The van der Waals surface area contributed by atoms with Crippen LogP contribution in [0.4, 0.5) is 17.3 Å². The monoisotopic (exact) mass is 228 g/mol. The molecule has 1 aromatic heterocycles. The quantitative estimate of drug-likeness (QED) is 0.442. The van der Waals surface area contributed by atoms with Crippen LogP contribution < -0.4 is 4.68 Å². The Morgan fingerprint density at radius 1 is 1.33 bits per heavy atom. The van der Waals surface area contributed by atoms with Crippen LogP contribution in [0.5, 0.6) is 0 Å². The third kappa shape index (κ3) is 10.8. The topological polar surface area (TPSA) is 34.6 Å². The van der Waals surface area contributed by atoms with Crippen LogP contribution in [0.3, 0.4) is 0 Å². The molecule has 0 aromatic carbocycles. The molecular weight excluding hydrogens is 215 g/mol. The summed E-state index contributed by atoms with van der Waals surface area (Å²) in [6, 6.07) is 0. The first-order valence-electron chi connectivity index (χ1n) is 4.46. The molecule has 0 atom stereocenters. The molecule has 0 amide bonds. The van der Waals surface area contributed by atoms with Gasteiger partial charge in [0, 0.05) is 0 Å². The van der Waals surface area contributed by atoms with Gasteiger partial charge in [-0.3, -0.25) is 0 Å². The first-order chi connectivity index (χ1) is 6.83. The summed E-state index contributed by atoms with van der Waals surface area (Å²) < 4.78 is 40.9. The fraction of sp³-hybridized carbons (Fsp3) is 0.833. The van der Waals surface area contributed by atoms with Crippen LogP contribution in [0, 0.1) is 0 Å². The highest BCUT2D eigenvalue weighted by Gasteiger charge is 2.20. The van der Waals surface area contributed by atoms with E-state index in [4.69, 9.17) is 0 Å². The predicted molar refractivity (Wildman–Crippen MR) is 46.3 cm³/mol. The molecule has 4 nitrogen and oxygen atoms in total. The smallest absolute Gasteiger partial charge is 0.418 e. The summed E-state index contributed by atoms with van der Waals surface area (Å²) in [4.78, 5) is 1.57. The molecule has 0 spiro atoms. The Morgan fingerprint density at radius 2 is 1.87 bits per heavy atom. The summed E-state index contributed by atoms with van der Waals surface area (Å²) in [6.07, 6.45) is 4.11. The van der Waals surface area contributed by atoms with Gasteiger partial charge in [-0.2, -0.15) is 0 Å². The summed E-state index contributed by atoms with van der Waals surface area (Å²) in [7, 11) is -4.18. The molecule has 0 bridgehead atoms. The van der Waals surface area contributed by atoms with E-state index >= 15 is 0 Å². The zero-order valence-corrected chi connectivity index (χ0v) is 8.58. The van der Waals surface area contributed by atoms with Crippen molar-refractivity contribution < 1.29 is 21.9 Å². The van der Waals surface area contributed by atoms with Crippen LogP contribution in [0.2, 0.25) is 0 Å². The molecule has 1 rings (SSSR count). The highest BCUT2D eigenvalue weighted by molar-refractivity contribution is 6.50. The zero-order valence-electron chi connectivity index (χ0n) is 8.58. The number of aromatic nitrogens is 4. The highest BCUT2D eigenvalue weighted by Crippen LogP contribution is 2.06. The number of hydrogen-bond donors (Lipinski definition) is 0. The lowest BCUT2D eigenvalue weighted by Gasteiger charge is -1.94. The fourth-order valence-electron chi connectivity index (χ4n) is 0.769. The van der Waals surface area contributed by atoms with Crippen molar-refractivity contribution in [3.05, 3.63) is 6.33 Å². The molecular formula is C6H13BF4N4. The average molecular weight is 228 g/mol. The Morgan fingerprint density at radius 3 is 2.20 bits per heavy atom. The minimum absolute atomic E-state index is 0.977. The van der Waals surface area contributed by atoms with E-state index in [2.05, 4.69) is 17.2 Å². The van der Waals surface area contributed by atoms with Crippen molar-refractivity contribution in [3.8, 4) is 0 Å². The molecule has 9 heteroatoms. The van der Waals surface area contributed by atoms with Gasteiger partial charge in [-0.1, -0.05) is 13.3 Å². The summed E-state index contributed by atoms with van der Waals surface area (Å²) >= 11 is 0. The third-order valence-corrected chi connectivity index (χ3v) is 1.34. The molecule has 0 unspecified atom stereocenters. The van der Waals surface area contributed by atoms with Crippen molar-refractivity contribution >= 4 is 7.25 Å². The maximum atomic E-state index is 9.75. The normalized spacial score (nSPS) is 10.8. The average Bonchev–Trinajstić information content (AvgIpc) is 2.45. The molecule has 0 saturated carbocycles. The number of unbranched alkanes of at least 4 members (excludes halogenated alkanes) is 1. The van der Waals surface area contributed by atoms with Gasteiger partial charge in [0.2, 0.25) is 0 Å². The molecule has 0 aliphatic heterocycles. The molecule has 0 saturated heterocycles. The van der Waals surface area contributed by atoms with E-state index in [1.807, 2.05) is 11.7 Å². The molecule has 0 aliphatic carbocycles. The number of halogens is 4. The van der Waals surface area contributed by atoms with Crippen molar-refractivity contribution in [3.63, 3.8) is 0 Å². The molecule has 15 heavy (non-hydrogen) atoms. The van der Waals surface area contributed by atoms with E-state index in [9.17, 15) is 17.3 Å². The second-order valence-electron chi connectivity index (χ2n) is 2.82. The van der Waals surface area contributed by atoms with Crippen LogP contribution in [-0.4, -0.2) is 22.4 Å². The van der Waals surface area contributed by atoms with E-state index in [1.165, 1.54) is 12.8 Å². The molecule has 1 aromatic rings. The van der Waals surface area contributed by atoms with Crippen LogP contribution in [0.25, 0.3) is 0 Å². The highest BCUT2D eigenvalue weighted by atomic mass is 19.5. The van der Waals surface area contributed by atoms with Crippen LogP contribution in [0.1, 0.15) is 19.8 Å². The summed E-state index contributed by atoms with van der Waals surface area (Å²) in [5.41, 5.74) is 0. The lowest BCUT2D eigenvalue weighted by atomic mass is 10.3. The van der Waals surface area contributed by atoms with Gasteiger partial charge < -0.3 is 17.3 Å². The first-order valence-corrected chi connectivity index (χ1v) is 4.46. The summed E-state index contributed by atoms with van der Waals surface area (Å²) in [6.45, 7) is 3.14. The Hall–Kier alpha value is -1.15. The van der Waals surface area contributed by atoms with Crippen molar-refractivity contribution in [2.45, 2.75) is 26.3 Å². The molecule has 0 N–H and O–H groups in total. The van der Waals surface area contributed by atoms with Gasteiger partial charge in [-0.05, 0) is 11.2 Å². The van der Waals surface area contributed by atoms with Gasteiger partial charge >= 0.3 is 7.25 Å². The third-order valence-electron chi connectivity index (χ3n) is 1.34. The lowest BCUT2D eigenvalue weighted by Crippen LogP contribution is -2.35. The minimum atomic E-state index is -6.00. The summed E-state index contributed by atoms with van der Waals surface area (Å²) in [5, 5.41) is 8.01. The molecule has 0 fully saturated rings. The lowest BCUT2D eigenvalue weighted by molar-refractivity contribution is -0.756. The molecule has 0 aliphatic rings. The standard InChI is InChI=1S/C6H13N4.BF4/c1-3-4-5-10-6-7-9(2)8-10;2-1(3,4)5/h6H,3-5H2,1-2H3;/q+1;-1. The van der Waals surface area contributed by atoms with E-state index in [0.717, 1.165) is 6.54 Å². The maximum Gasteiger partial charge on any atom is 0.673 e. The number of rotatable bonds is 3. The minimum Gasteiger partial charge on any atom is -0.418 e. The van der Waals surface area contributed by atoms with Crippen molar-refractivity contribution in [2.24, 2.45) is 7.05 Å². The van der Waals surface area contributed by atoms with Crippen molar-refractivity contribution in [2.75, 3.05) is 0 Å². The fourth-order valence-corrected chi connectivity index (χ4v) is 0.769. The second-order valence-corrected chi connectivity index (χ2v) is 2.82. The summed E-state index contributed by atoms with van der Waals surface area (Å²) in [5.74, 6) is 0. The largest absolute Gasteiger partial charge is 0.673 e. The number of aryl methyl sites for hydroxylation is 2.